The van der Waals surface area contributed by atoms with Crippen molar-refractivity contribution >= 4 is 49.4 Å². The minimum absolute atomic E-state index is 0.0577. The molecule has 0 radical (unpaired) electrons. The van der Waals surface area contributed by atoms with Crippen molar-refractivity contribution < 1.29 is 14.3 Å². The Kier molecular flexibility index (Phi) is 7.86. The third kappa shape index (κ3) is 6.07. The predicted octanol–water partition coefficient (Wildman–Crippen LogP) is 5.07. The normalized spacial score (nSPS) is 11.6. The number of ether oxygens (including phenoxy) is 1. The summed E-state index contributed by atoms with van der Waals surface area (Å²) >= 11 is 6.85. The van der Waals surface area contributed by atoms with Crippen LogP contribution in [0.15, 0.2) is 45.3 Å². The van der Waals surface area contributed by atoms with Crippen LogP contribution in [0, 0.1) is 6.92 Å². The molecule has 2 amide bonds. The molecule has 0 heterocycles. The molecule has 1 atom stereocenters. The second-order valence-corrected chi connectivity index (χ2v) is 7.97. The fourth-order valence-corrected chi connectivity index (χ4v) is 3.94. The highest BCUT2D eigenvalue weighted by molar-refractivity contribution is 9.11. The number of para-hydroxylation sites is 1. The minimum atomic E-state index is -0.340. The van der Waals surface area contributed by atoms with E-state index in [1.165, 1.54) is 0 Å². The van der Waals surface area contributed by atoms with Crippen molar-refractivity contribution in [3.8, 4) is 5.75 Å². The Morgan fingerprint density at radius 1 is 1.19 bits per heavy atom. The van der Waals surface area contributed by atoms with Crippen molar-refractivity contribution in [2.24, 2.45) is 0 Å². The number of carbonyl (C=O) groups excluding carboxylic acids is 2. The summed E-state index contributed by atoms with van der Waals surface area (Å²) in [6.07, 6.45) is 0.829. The third-order valence-corrected chi connectivity index (χ3v) is 5.02. The van der Waals surface area contributed by atoms with Crippen LogP contribution in [-0.2, 0) is 4.79 Å². The maximum atomic E-state index is 12.4. The molecule has 0 saturated heterocycles. The Morgan fingerprint density at radius 3 is 2.56 bits per heavy atom. The molecule has 0 aromatic heterocycles. The van der Waals surface area contributed by atoms with Gasteiger partial charge < -0.3 is 15.4 Å². The van der Waals surface area contributed by atoms with Gasteiger partial charge in [-0.2, -0.15) is 0 Å². The molecule has 0 fully saturated rings. The molecule has 0 spiro atoms. The highest BCUT2D eigenvalue weighted by Gasteiger charge is 2.15. The molecule has 2 N–H and O–H groups in total. The summed E-state index contributed by atoms with van der Waals surface area (Å²) in [5, 5.41) is 5.66. The lowest BCUT2D eigenvalue weighted by Crippen LogP contribution is -2.33. The molecule has 5 nitrogen and oxygen atoms in total. The van der Waals surface area contributed by atoms with Crippen molar-refractivity contribution in [1.29, 1.82) is 0 Å². The summed E-state index contributed by atoms with van der Waals surface area (Å²) in [5.41, 5.74) is 1.78. The van der Waals surface area contributed by atoms with E-state index in [4.69, 9.17) is 4.74 Å². The number of anilines is 1. The lowest BCUT2D eigenvalue weighted by molar-refractivity contribution is -0.118. The minimum Gasteiger partial charge on any atom is -0.482 e. The second kappa shape index (κ2) is 9.90. The first-order valence-corrected chi connectivity index (χ1v) is 10.2. The molecule has 2 aromatic carbocycles. The summed E-state index contributed by atoms with van der Waals surface area (Å²) in [6.45, 7) is 5.67. The summed E-state index contributed by atoms with van der Waals surface area (Å²) in [7, 11) is 0. The van der Waals surface area contributed by atoms with Crippen LogP contribution >= 0.6 is 31.9 Å². The number of rotatable bonds is 7. The molecule has 2 aromatic rings. The standard InChI is InChI=1S/C20H22Br2N2O3/c1-4-13(3)23-20(26)15-7-5-6-8-17(15)24-18(25)11-27-19-12(2)9-14(21)10-16(19)22/h5-10,13H,4,11H2,1-3H3,(H,23,26)(H,24,25). The van der Waals surface area contributed by atoms with Crippen molar-refractivity contribution in [3.63, 3.8) is 0 Å². The molecular weight excluding hydrogens is 476 g/mol. The van der Waals surface area contributed by atoms with Gasteiger partial charge in [0.05, 0.1) is 15.7 Å². The van der Waals surface area contributed by atoms with E-state index in [0.29, 0.717) is 17.0 Å². The highest BCUT2D eigenvalue weighted by atomic mass is 79.9. The van der Waals surface area contributed by atoms with Gasteiger partial charge in [0.1, 0.15) is 5.75 Å². The fourth-order valence-electron chi connectivity index (χ4n) is 2.39. The van der Waals surface area contributed by atoms with E-state index in [1.807, 2.05) is 32.9 Å². The van der Waals surface area contributed by atoms with E-state index in [1.54, 1.807) is 24.3 Å². The van der Waals surface area contributed by atoms with Gasteiger partial charge >= 0.3 is 0 Å². The van der Waals surface area contributed by atoms with Gasteiger partial charge in [-0.25, -0.2) is 0 Å². The van der Waals surface area contributed by atoms with Gasteiger partial charge in [0.15, 0.2) is 6.61 Å². The SMILES string of the molecule is CCC(C)NC(=O)c1ccccc1NC(=O)COc1c(C)cc(Br)cc1Br. The van der Waals surface area contributed by atoms with Crippen molar-refractivity contribution in [2.45, 2.75) is 33.2 Å². The molecule has 0 saturated carbocycles. The quantitative estimate of drug-likeness (QED) is 0.561. The maximum absolute atomic E-state index is 12.4. The first-order chi connectivity index (χ1) is 12.8. The Labute approximate surface area is 176 Å². The van der Waals surface area contributed by atoms with Crippen molar-refractivity contribution in [1.82, 2.24) is 5.32 Å². The molecule has 0 aliphatic carbocycles. The molecule has 27 heavy (non-hydrogen) atoms. The number of nitrogens with one attached hydrogen (secondary N) is 2. The number of amides is 2. The molecule has 2 rings (SSSR count). The van der Waals surface area contributed by atoms with Gasteiger partial charge in [-0.3, -0.25) is 9.59 Å². The molecular formula is C20H22Br2N2O3. The van der Waals surface area contributed by atoms with E-state index in [2.05, 4.69) is 42.5 Å². The van der Waals surface area contributed by atoms with Crippen LogP contribution < -0.4 is 15.4 Å². The second-order valence-electron chi connectivity index (χ2n) is 6.20. The Hall–Kier alpha value is -1.86. The fraction of sp³-hybridized carbons (Fsp3) is 0.300. The smallest absolute Gasteiger partial charge is 0.262 e. The van der Waals surface area contributed by atoms with E-state index < -0.39 is 0 Å². The first kappa shape index (κ1) is 21.4. The molecule has 0 aliphatic heterocycles. The Balaban J connectivity index is 2.05. The van der Waals surface area contributed by atoms with Gasteiger partial charge in [0.25, 0.3) is 11.8 Å². The van der Waals surface area contributed by atoms with Crippen LogP contribution in [-0.4, -0.2) is 24.5 Å². The monoisotopic (exact) mass is 496 g/mol. The summed E-state index contributed by atoms with van der Waals surface area (Å²) in [4.78, 5) is 24.7. The average Bonchev–Trinajstić information content (AvgIpc) is 2.61. The zero-order valence-electron chi connectivity index (χ0n) is 15.4. The molecule has 1 unspecified atom stereocenters. The summed E-state index contributed by atoms with van der Waals surface area (Å²) < 4.78 is 7.34. The first-order valence-electron chi connectivity index (χ1n) is 8.60. The zero-order valence-corrected chi connectivity index (χ0v) is 18.6. The number of halogens is 2. The van der Waals surface area contributed by atoms with Gasteiger partial charge in [-0.15, -0.1) is 0 Å². The van der Waals surface area contributed by atoms with Crippen LogP contribution in [0.4, 0.5) is 5.69 Å². The van der Waals surface area contributed by atoms with Crippen LogP contribution in [0.25, 0.3) is 0 Å². The predicted molar refractivity (Wildman–Crippen MR) is 114 cm³/mol. The van der Waals surface area contributed by atoms with Gasteiger partial charge in [-0.1, -0.05) is 35.0 Å². The lowest BCUT2D eigenvalue weighted by Gasteiger charge is -2.15. The third-order valence-electron chi connectivity index (χ3n) is 3.98. The Bertz CT molecular complexity index is 817. The summed E-state index contributed by atoms with van der Waals surface area (Å²) in [6, 6.07) is 10.7. The van der Waals surface area contributed by atoms with Crippen LogP contribution in [0.3, 0.4) is 0 Å². The lowest BCUT2D eigenvalue weighted by atomic mass is 10.1. The van der Waals surface area contributed by atoms with Gasteiger partial charge in [-0.05, 0) is 66.0 Å². The topological polar surface area (TPSA) is 67.4 Å². The van der Waals surface area contributed by atoms with E-state index >= 15 is 0 Å². The molecule has 0 bridgehead atoms. The Morgan fingerprint density at radius 2 is 1.89 bits per heavy atom. The average molecular weight is 498 g/mol. The largest absolute Gasteiger partial charge is 0.482 e. The molecule has 7 heteroatoms. The molecule has 144 valence electrons. The zero-order chi connectivity index (χ0) is 20.0. The van der Waals surface area contributed by atoms with Crippen LogP contribution in [0.5, 0.6) is 5.75 Å². The highest BCUT2D eigenvalue weighted by Crippen LogP contribution is 2.32. The number of hydrogen-bond donors (Lipinski definition) is 2. The van der Waals surface area contributed by atoms with E-state index in [-0.39, 0.29) is 24.5 Å². The number of carbonyl (C=O) groups is 2. The number of hydrogen-bond acceptors (Lipinski definition) is 3. The molecule has 0 aliphatic rings. The summed E-state index contributed by atoms with van der Waals surface area (Å²) in [5.74, 6) is 0.0526. The van der Waals surface area contributed by atoms with Crippen LogP contribution in [0.2, 0.25) is 0 Å². The number of benzene rings is 2. The van der Waals surface area contributed by atoms with Gasteiger partial charge in [0.2, 0.25) is 0 Å². The van der Waals surface area contributed by atoms with E-state index in [0.717, 1.165) is 20.9 Å². The van der Waals surface area contributed by atoms with Crippen molar-refractivity contribution in [3.05, 3.63) is 56.5 Å². The van der Waals surface area contributed by atoms with Crippen LogP contribution in [0.1, 0.15) is 36.2 Å². The van der Waals surface area contributed by atoms with E-state index in [9.17, 15) is 9.59 Å². The maximum Gasteiger partial charge on any atom is 0.262 e. The van der Waals surface area contributed by atoms with Gasteiger partial charge in [0, 0.05) is 10.5 Å². The van der Waals surface area contributed by atoms with Crippen molar-refractivity contribution in [2.75, 3.05) is 11.9 Å². The number of aryl methyl sites for hydroxylation is 1.